The Kier molecular flexibility index (Phi) is 9.20. The van der Waals surface area contributed by atoms with Crippen LogP contribution >= 0.6 is 0 Å². The third kappa shape index (κ3) is 6.85. The first-order valence-electron chi connectivity index (χ1n) is 8.91. The highest BCUT2D eigenvalue weighted by Gasteiger charge is 2.14. The first-order valence-corrected chi connectivity index (χ1v) is 8.91. The van der Waals surface area contributed by atoms with Gasteiger partial charge in [-0.15, -0.1) is 0 Å². The number of hydrogen-bond acceptors (Lipinski definition) is 3. The average Bonchev–Trinajstić information content (AvgIpc) is 2.68. The van der Waals surface area contributed by atoms with Gasteiger partial charge in [0, 0.05) is 24.0 Å². The Morgan fingerprint density at radius 1 is 1.33 bits per heavy atom. The molecule has 146 valence electrons. The van der Waals surface area contributed by atoms with Crippen molar-refractivity contribution in [2.45, 2.75) is 39.8 Å². The molecule has 0 radical (unpaired) electrons. The third-order valence-corrected chi connectivity index (χ3v) is 3.85. The van der Waals surface area contributed by atoms with E-state index in [0.29, 0.717) is 17.8 Å². The molecule has 1 aliphatic rings. The van der Waals surface area contributed by atoms with Crippen LogP contribution in [0.25, 0.3) is 0 Å². The van der Waals surface area contributed by atoms with Crippen molar-refractivity contribution in [2.75, 3.05) is 12.0 Å². The zero-order valence-corrected chi connectivity index (χ0v) is 16.3. The van der Waals surface area contributed by atoms with E-state index in [1.54, 1.807) is 29.3 Å². The molecular formula is C22H27F2NO2. The predicted octanol–water partition coefficient (Wildman–Crippen LogP) is 5.86. The quantitative estimate of drug-likeness (QED) is 0.583. The average molecular weight is 375 g/mol. The number of anilines is 1. The van der Waals surface area contributed by atoms with Gasteiger partial charge in [-0.25, -0.2) is 8.78 Å². The van der Waals surface area contributed by atoms with Crippen LogP contribution in [0.15, 0.2) is 72.1 Å². The number of hydrogen-bond donors (Lipinski definition) is 0. The van der Waals surface area contributed by atoms with Gasteiger partial charge < -0.3 is 9.64 Å². The number of allylic oxidation sites excluding steroid dienone is 5. The van der Waals surface area contributed by atoms with Crippen LogP contribution in [0.5, 0.6) is 0 Å². The summed E-state index contributed by atoms with van der Waals surface area (Å²) in [5.41, 5.74) is 2.92. The van der Waals surface area contributed by atoms with E-state index in [4.69, 9.17) is 0 Å². The third-order valence-electron chi connectivity index (χ3n) is 3.85. The summed E-state index contributed by atoms with van der Waals surface area (Å²) >= 11 is 0. The number of esters is 1. The molecule has 0 bridgehead atoms. The fraction of sp³-hybridized carbons (Fsp3) is 0.318. The van der Waals surface area contributed by atoms with Crippen molar-refractivity contribution in [2.24, 2.45) is 0 Å². The fourth-order valence-corrected chi connectivity index (χ4v) is 2.43. The van der Waals surface area contributed by atoms with Gasteiger partial charge in [0.1, 0.15) is 12.0 Å². The molecule has 27 heavy (non-hydrogen) atoms. The maximum absolute atomic E-state index is 13.2. The second-order valence-electron chi connectivity index (χ2n) is 5.75. The van der Waals surface area contributed by atoms with Crippen molar-refractivity contribution in [1.29, 1.82) is 0 Å². The van der Waals surface area contributed by atoms with Gasteiger partial charge in [0.05, 0.1) is 13.5 Å². The summed E-state index contributed by atoms with van der Waals surface area (Å²) in [6.07, 6.45) is 6.23. The van der Waals surface area contributed by atoms with Crippen LogP contribution in [0.2, 0.25) is 0 Å². The number of methoxy groups -OCH3 is 1. The smallest absolute Gasteiger partial charge is 0.311 e. The summed E-state index contributed by atoms with van der Waals surface area (Å²) in [6.45, 7) is 9.83. The Labute approximate surface area is 160 Å². The highest BCUT2D eigenvalue weighted by atomic mass is 19.1. The molecule has 0 saturated carbocycles. The first-order chi connectivity index (χ1) is 12.9. The number of ether oxygens (including phenoxy) is 1. The molecule has 1 atom stereocenters. The SMILES string of the molecule is C=C(CC(=O)OC)N(/C=C(\C)C1=CCC(F)C=C1)c1ccc(F)cc1.CC. The van der Waals surface area contributed by atoms with Crippen LogP contribution in [0, 0.1) is 5.82 Å². The molecule has 1 unspecified atom stereocenters. The van der Waals surface area contributed by atoms with E-state index in [9.17, 15) is 13.6 Å². The van der Waals surface area contributed by atoms with Gasteiger partial charge in [-0.1, -0.05) is 32.6 Å². The topological polar surface area (TPSA) is 29.5 Å². The minimum Gasteiger partial charge on any atom is -0.469 e. The van der Waals surface area contributed by atoms with Gasteiger partial charge in [-0.05, 0) is 48.4 Å². The molecule has 2 rings (SSSR count). The predicted molar refractivity (Wildman–Crippen MR) is 106 cm³/mol. The lowest BCUT2D eigenvalue weighted by atomic mass is 10.0. The number of nitrogens with zero attached hydrogens (tertiary/aromatic N) is 1. The van der Waals surface area contributed by atoms with E-state index >= 15 is 0 Å². The maximum atomic E-state index is 13.2. The van der Waals surface area contributed by atoms with E-state index in [0.717, 1.165) is 11.1 Å². The van der Waals surface area contributed by atoms with E-state index in [1.807, 2.05) is 26.8 Å². The largest absolute Gasteiger partial charge is 0.469 e. The summed E-state index contributed by atoms with van der Waals surface area (Å²) in [6, 6.07) is 5.88. The number of halogens is 2. The Morgan fingerprint density at radius 3 is 2.48 bits per heavy atom. The first kappa shape index (κ1) is 22.4. The van der Waals surface area contributed by atoms with Crippen LogP contribution in [-0.4, -0.2) is 19.3 Å². The van der Waals surface area contributed by atoms with Crippen LogP contribution in [0.1, 0.15) is 33.6 Å². The molecule has 0 saturated heterocycles. The van der Waals surface area contributed by atoms with Gasteiger partial charge in [0.25, 0.3) is 0 Å². The monoisotopic (exact) mass is 375 g/mol. The van der Waals surface area contributed by atoms with Crippen LogP contribution in [-0.2, 0) is 9.53 Å². The van der Waals surface area contributed by atoms with Crippen LogP contribution in [0.4, 0.5) is 14.5 Å². The molecular weight excluding hydrogens is 348 g/mol. The van der Waals surface area contributed by atoms with Gasteiger partial charge in [0.2, 0.25) is 0 Å². The Bertz CT molecular complexity index is 733. The lowest BCUT2D eigenvalue weighted by Gasteiger charge is -2.24. The van der Waals surface area contributed by atoms with E-state index < -0.39 is 12.1 Å². The molecule has 0 heterocycles. The van der Waals surface area contributed by atoms with Gasteiger partial charge in [0.15, 0.2) is 0 Å². The van der Waals surface area contributed by atoms with E-state index in [1.165, 1.54) is 25.3 Å². The highest BCUT2D eigenvalue weighted by Crippen LogP contribution is 2.26. The number of alkyl halides is 1. The second kappa shape index (κ2) is 11.1. The number of carbonyl (C=O) groups is 1. The van der Waals surface area contributed by atoms with Crippen molar-refractivity contribution in [3.8, 4) is 0 Å². The Morgan fingerprint density at radius 2 is 1.96 bits per heavy atom. The molecule has 0 N–H and O–H groups in total. The van der Waals surface area contributed by atoms with Crippen molar-refractivity contribution in [3.05, 3.63) is 77.9 Å². The number of carbonyl (C=O) groups excluding carboxylic acids is 1. The van der Waals surface area contributed by atoms with E-state index in [-0.39, 0.29) is 12.2 Å². The van der Waals surface area contributed by atoms with Crippen molar-refractivity contribution in [1.82, 2.24) is 0 Å². The van der Waals surface area contributed by atoms with Crippen molar-refractivity contribution >= 4 is 11.7 Å². The van der Waals surface area contributed by atoms with Crippen molar-refractivity contribution < 1.29 is 18.3 Å². The normalized spacial score (nSPS) is 16.0. The lowest BCUT2D eigenvalue weighted by Crippen LogP contribution is -2.19. The molecule has 0 aliphatic heterocycles. The fourth-order valence-electron chi connectivity index (χ4n) is 2.43. The molecule has 1 aromatic rings. The standard InChI is InChI=1S/C20H21F2NO2.C2H6/c1-14(16-4-6-17(21)7-5-16)13-23(15(2)12-20(24)25-3)19-10-8-18(22)9-11-19;1-2/h4-6,8-11,13,17H,2,7,12H2,1,3H3;1-2H3/b14-13+;. The number of rotatable bonds is 6. The zero-order chi connectivity index (χ0) is 20.4. The summed E-state index contributed by atoms with van der Waals surface area (Å²) in [7, 11) is 1.31. The summed E-state index contributed by atoms with van der Waals surface area (Å²) in [4.78, 5) is 13.3. The summed E-state index contributed by atoms with van der Waals surface area (Å²) < 4.78 is 31.1. The zero-order valence-electron chi connectivity index (χ0n) is 16.3. The molecule has 1 aromatic carbocycles. The highest BCUT2D eigenvalue weighted by molar-refractivity contribution is 5.74. The second-order valence-corrected chi connectivity index (χ2v) is 5.75. The molecule has 0 spiro atoms. The summed E-state index contributed by atoms with van der Waals surface area (Å²) in [5.74, 6) is -0.768. The van der Waals surface area contributed by atoms with Crippen LogP contribution < -0.4 is 4.90 Å². The van der Waals surface area contributed by atoms with Crippen LogP contribution in [0.3, 0.4) is 0 Å². The molecule has 1 aliphatic carbocycles. The molecule has 5 heteroatoms. The van der Waals surface area contributed by atoms with Gasteiger partial charge in [-0.2, -0.15) is 0 Å². The molecule has 3 nitrogen and oxygen atoms in total. The Hall–Kier alpha value is -2.69. The minimum atomic E-state index is -0.959. The number of benzene rings is 1. The molecule has 0 fully saturated rings. The molecule has 0 aromatic heterocycles. The minimum absolute atomic E-state index is 0.000895. The lowest BCUT2D eigenvalue weighted by molar-refractivity contribution is -0.139. The van der Waals surface area contributed by atoms with Gasteiger partial charge >= 0.3 is 5.97 Å². The Balaban J connectivity index is 0.00000176. The van der Waals surface area contributed by atoms with Gasteiger partial charge in [-0.3, -0.25) is 4.79 Å². The maximum Gasteiger partial charge on any atom is 0.311 e. The summed E-state index contributed by atoms with van der Waals surface area (Å²) in [5, 5.41) is 0. The van der Waals surface area contributed by atoms with Crippen molar-refractivity contribution in [3.63, 3.8) is 0 Å². The molecule has 0 amide bonds. The van der Waals surface area contributed by atoms with E-state index in [2.05, 4.69) is 11.3 Å².